The molecule has 0 aliphatic carbocycles. The topological polar surface area (TPSA) is 30.5 Å². The van der Waals surface area contributed by atoms with Crippen LogP contribution in [0, 0.1) is 0 Å². The third-order valence-corrected chi connectivity index (χ3v) is 2.28. The van der Waals surface area contributed by atoms with Crippen molar-refractivity contribution in [3.8, 4) is 0 Å². The molecule has 0 aromatic heterocycles. The zero-order valence-electron chi connectivity index (χ0n) is 9.32. The zero-order chi connectivity index (χ0) is 10.4. The Morgan fingerprint density at radius 2 is 2.00 bits per heavy atom. The summed E-state index contributed by atoms with van der Waals surface area (Å²) in [4.78, 5) is 0. The van der Waals surface area contributed by atoms with Gasteiger partial charge in [0.1, 0.15) is 7.85 Å². The lowest BCUT2D eigenvalue weighted by Crippen LogP contribution is -2.44. The number of hydrogen-bond acceptors (Lipinski definition) is 3. The van der Waals surface area contributed by atoms with E-state index in [1.54, 1.807) is 0 Å². The molecule has 0 saturated carbocycles. The molecule has 0 fully saturated rings. The second kappa shape index (κ2) is 6.22. The summed E-state index contributed by atoms with van der Waals surface area (Å²) in [6.07, 6.45) is 4.21. The van der Waals surface area contributed by atoms with E-state index in [9.17, 15) is 0 Å². The Labute approximate surface area is 87.3 Å². The van der Waals surface area contributed by atoms with Gasteiger partial charge < -0.3 is 14.8 Å². The Morgan fingerprint density at radius 1 is 1.36 bits per heavy atom. The van der Waals surface area contributed by atoms with Crippen LogP contribution in [0.3, 0.4) is 0 Å². The van der Waals surface area contributed by atoms with E-state index in [2.05, 4.69) is 25.3 Å². The number of ether oxygens (including phenoxy) is 2. The van der Waals surface area contributed by atoms with Gasteiger partial charge in [0, 0.05) is 13.2 Å². The van der Waals surface area contributed by atoms with E-state index in [4.69, 9.17) is 9.47 Å². The Morgan fingerprint density at radius 3 is 2.43 bits per heavy atom. The van der Waals surface area contributed by atoms with E-state index in [-0.39, 0.29) is 12.3 Å². The van der Waals surface area contributed by atoms with Crippen LogP contribution < -0.4 is 5.32 Å². The Bertz CT molecular complexity index is 181. The lowest BCUT2D eigenvalue weighted by Gasteiger charge is -2.29. The largest absolute Gasteiger partial charge is 0.351 e. The fourth-order valence-corrected chi connectivity index (χ4v) is 1.54. The smallest absolute Gasteiger partial charge is 0.176 e. The normalized spacial score (nSPS) is 27.1. The molecule has 2 unspecified atom stereocenters. The summed E-state index contributed by atoms with van der Waals surface area (Å²) in [7, 11) is 2.19. The predicted octanol–water partition coefficient (Wildman–Crippen LogP) is 0.335. The highest BCUT2D eigenvalue weighted by Crippen LogP contribution is 2.12. The quantitative estimate of drug-likeness (QED) is 0.391. The van der Waals surface area contributed by atoms with Gasteiger partial charge in [-0.15, -0.1) is 0 Å². The van der Waals surface area contributed by atoms with Crippen molar-refractivity contribution in [1.82, 2.24) is 5.32 Å². The van der Waals surface area contributed by atoms with Crippen LogP contribution in [0.4, 0.5) is 0 Å². The summed E-state index contributed by atoms with van der Waals surface area (Å²) < 4.78 is 11.0. The van der Waals surface area contributed by atoms with Gasteiger partial charge in [0.05, 0.1) is 6.04 Å². The van der Waals surface area contributed by atoms with Gasteiger partial charge in [-0.3, -0.25) is 0 Å². The molecule has 0 amide bonds. The maximum Gasteiger partial charge on any atom is 0.176 e. The highest BCUT2D eigenvalue weighted by molar-refractivity contribution is 6.13. The van der Waals surface area contributed by atoms with E-state index in [1.807, 2.05) is 13.8 Å². The summed E-state index contributed by atoms with van der Waals surface area (Å²) in [5, 5.41) is 3.40. The van der Waals surface area contributed by atoms with E-state index >= 15 is 0 Å². The third kappa shape index (κ3) is 3.44. The second-order valence-corrected chi connectivity index (χ2v) is 3.58. The van der Waals surface area contributed by atoms with Crippen molar-refractivity contribution in [3.05, 3.63) is 12.2 Å². The summed E-state index contributed by atoms with van der Waals surface area (Å²) in [6, 6.07) is 0.200. The summed E-state index contributed by atoms with van der Waals surface area (Å²) in [5.41, 5.74) is 0. The Balaban J connectivity index is 2.46. The molecule has 0 spiro atoms. The van der Waals surface area contributed by atoms with E-state index < -0.39 is 0 Å². The first kappa shape index (κ1) is 11.8. The van der Waals surface area contributed by atoms with Crippen LogP contribution in [0.15, 0.2) is 12.2 Å². The van der Waals surface area contributed by atoms with Crippen LogP contribution in [0.25, 0.3) is 0 Å². The zero-order valence-corrected chi connectivity index (χ0v) is 9.32. The summed E-state index contributed by atoms with van der Waals surface area (Å²) in [6.45, 7) is 6.35. The van der Waals surface area contributed by atoms with Gasteiger partial charge in [-0.05, 0) is 26.2 Å². The second-order valence-electron chi connectivity index (χ2n) is 3.58. The average Bonchev–Trinajstić information content (AvgIpc) is 2.19. The molecule has 0 aromatic carbocycles. The van der Waals surface area contributed by atoms with Gasteiger partial charge in [0.15, 0.2) is 6.29 Å². The molecule has 4 heteroatoms. The van der Waals surface area contributed by atoms with Crippen molar-refractivity contribution in [2.24, 2.45) is 0 Å². The number of nitrogens with one attached hydrogen (secondary N) is 1. The molecule has 1 rings (SSSR count). The molecule has 0 aromatic rings. The summed E-state index contributed by atoms with van der Waals surface area (Å²) >= 11 is 0. The predicted molar refractivity (Wildman–Crippen MR) is 60.3 cm³/mol. The van der Waals surface area contributed by atoms with Gasteiger partial charge in [0.25, 0.3) is 0 Å². The molecule has 14 heavy (non-hydrogen) atoms. The van der Waals surface area contributed by atoms with E-state index in [0.29, 0.717) is 19.0 Å². The third-order valence-electron chi connectivity index (χ3n) is 2.28. The molecule has 1 aliphatic rings. The number of rotatable bonds is 5. The van der Waals surface area contributed by atoms with Crippen molar-refractivity contribution in [2.75, 3.05) is 19.8 Å². The minimum absolute atomic E-state index is 0.145. The maximum absolute atomic E-state index is 5.52. The fourth-order valence-electron chi connectivity index (χ4n) is 1.54. The minimum Gasteiger partial charge on any atom is -0.351 e. The minimum atomic E-state index is -0.145. The van der Waals surface area contributed by atoms with Crippen molar-refractivity contribution in [2.45, 2.75) is 32.0 Å². The van der Waals surface area contributed by atoms with Crippen LogP contribution in [0.1, 0.15) is 13.8 Å². The Hall–Kier alpha value is -0.315. The monoisotopic (exact) mass is 197 g/mol. The molecule has 80 valence electrons. The van der Waals surface area contributed by atoms with Gasteiger partial charge in [-0.25, -0.2) is 0 Å². The van der Waals surface area contributed by atoms with Crippen molar-refractivity contribution >= 4 is 7.85 Å². The van der Waals surface area contributed by atoms with Crippen LogP contribution in [0.2, 0.25) is 5.82 Å². The first-order valence-electron chi connectivity index (χ1n) is 5.42. The van der Waals surface area contributed by atoms with Crippen LogP contribution in [-0.4, -0.2) is 39.9 Å². The van der Waals surface area contributed by atoms with Gasteiger partial charge >= 0.3 is 0 Å². The highest BCUT2D eigenvalue weighted by atomic mass is 16.7. The van der Waals surface area contributed by atoms with Gasteiger partial charge in [0.2, 0.25) is 0 Å². The van der Waals surface area contributed by atoms with Crippen molar-refractivity contribution in [1.29, 1.82) is 0 Å². The summed E-state index contributed by atoms with van der Waals surface area (Å²) in [5.74, 6) is 0.607. The molecular weight excluding hydrogens is 177 g/mol. The first-order chi connectivity index (χ1) is 6.77. The standard InChI is InChI=1S/C10H20BNO2/c1-3-13-10(14-4-2)9-6-5-8(11)7-12-9/h5-6,8-10,12H,3-4,7,11H2,1-2H3. The molecule has 2 atom stereocenters. The van der Waals surface area contributed by atoms with Gasteiger partial charge in [-0.1, -0.05) is 12.2 Å². The van der Waals surface area contributed by atoms with Crippen LogP contribution >= 0.6 is 0 Å². The maximum atomic E-state index is 5.52. The SMILES string of the molecule is BC1C=CC(C(OCC)OCC)NC1. The van der Waals surface area contributed by atoms with Crippen LogP contribution in [0.5, 0.6) is 0 Å². The lowest BCUT2D eigenvalue weighted by molar-refractivity contribution is -0.146. The highest BCUT2D eigenvalue weighted by Gasteiger charge is 2.22. The molecule has 0 saturated heterocycles. The average molecular weight is 197 g/mol. The molecule has 0 radical (unpaired) electrons. The molecule has 1 heterocycles. The molecule has 0 bridgehead atoms. The molecule has 1 aliphatic heterocycles. The van der Waals surface area contributed by atoms with Gasteiger partial charge in [-0.2, -0.15) is 0 Å². The Kier molecular flexibility index (Phi) is 5.23. The first-order valence-corrected chi connectivity index (χ1v) is 5.42. The lowest BCUT2D eigenvalue weighted by atomic mass is 9.84. The van der Waals surface area contributed by atoms with E-state index in [1.165, 1.54) is 0 Å². The van der Waals surface area contributed by atoms with Crippen molar-refractivity contribution < 1.29 is 9.47 Å². The number of hydrogen-bond donors (Lipinski definition) is 1. The van der Waals surface area contributed by atoms with Crippen molar-refractivity contribution in [3.63, 3.8) is 0 Å². The molecular formula is C10H20BNO2. The van der Waals surface area contributed by atoms with E-state index in [0.717, 1.165) is 6.54 Å². The molecule has 1 N–H and O–H groups in total. The van der Waals surface area contributed by atoms with Crippen LogP contribution in [-0.2, 0) is 9.47 Å². The fraction of sp³-hybridized carbons (Fsp3) is 0.800. The molecule has 3 nitrogen and oxygen atoms in total.